The van der Waals surface area contributed by atoms with Gasteiger partial charge in [0, 0.05) is 11.6 Å². The van der Waals surface area contributed by atoms with Crippen molar-refractivity contribution in [3.05, 3.63) is 46.5 Å². The number of anilines is 2. The summed E-state index contributed by atoms with van der Waals surface area (Å²) < 4.78 is 60.1. The van der Waals surface area contributed by atoms with Gasteiger partial charge in [0.15, 0.2) is 0 Å². The van der Waals surface area contributed by atoms with Gasteiger partial charge in [-0.1, -0.05) is 11.6 Å². The molecule has 3 rings (SSSR count). The second kappa shape index (κ2) is 8.04. The highest BCUT2D eigenvalue weighted by Gasteiger charge is 2.28. The van der Waals surface area contributed by atoms with Crippen LogP contribution in [0.4, 0.5) is 11.4 Å². The smallest absolute Gasteiger partial charge is 0.262 e. The van der Waals surface area contributed by atoms with E-state index in [-0.39, 0.29) is 16.3 Å². The van der Waals surface area contributed by atoms with Crippen molar-refractivity contribution in [2.24, 2.45) is 0 Å². The highest BCUT2D eigenvalue weighted by atomic mass is 35.5. The minimum Gasteiger partial charge on any atom is -0.495 e. The first-order valence-corrected chi connectivity index (χ1v) is 12.5. The van der Waals surface area contributed by atoms with Crippen molar-refractivity contribution in [1.82, 2.24) is 0 Å². The Morgan fingerprint density at radius 1 is 1.10 bits per heavy atom. The number of nitrogens with zero attached hydrogens (tertiary/aromatic N) is 1. The number of sulfonamides is 2. The third-order valence-corrected chi connectivity index (χ3v) is 8.53. The Hall–Kier alpha value is -1.97. The minimum atomic E-state index is -3.96. The van der Waals surface area contributed by atoms with E-state index in [1.54, 1.807) is 38.1 Å². The lowest BCUT2D eigenvalue weighted by atomic mass is 10.1. The molecule has 1 N–H and O–H groups in total. The maximum atomic E-state index is 13.1. The van der Waals surface area contributed by atoms with E-state index in [0.29, 0.717) is 40.6 Å². The molecule has 1 saturated heterocycles. The number of nitrogens with one attached hydrogen (secondary N) is 1. The summed E-state index contributed by atoms with van der Waals surface area (Å²) in [4.78, 5) is 0.0951. The van der Waals surface area contributed by atoms with Crippen LogP contribution in [0, 0.1) is 13.8 Å². The molecule has 1 heterocycles. The number of halogens is 1. The fourth-order valence-corrected chi connectivity index (χ4v) is 6.84. The zero-order valence-corrected chi connectivity index (χ0v) is 18.8. The van der Waals surface area contributed by atoms with Gasteiger partial charge >= 0.3 is 0 Å². The van der Waals surface area contributed by atoms with Crippen LogP contribution in [0.15, 0.2) is 35.2 Å². The molecule has 0 bridgehead atoms. The summed E-state index contributed by atoms with van der Waals surface area (Å²) in [5.74, 6) is 0.436. The SMILES string of the molecule is COc1ccc(Cl)cc1NS(=O)(=O)c1c(C)cc(N2CCCCS2(=O)=O)cc1C. The van der Waals surface area contributed by atoms with Gasteiger partial charge in [-0.3, -0.25) is 9.03 Å². The predicted octanol–water partition coefficient (Wildman–Crippen LogP) is 3.70. The average molecular weight is 459 g/mol. The van der Waals surface area contributed by atoms with E-state index in [0.717, 1.165) is 6.42 Å². The number of methoxy groups -OCH3 is 1. The molecule has 0 aliphatic carbocycles. The fourth-order valence-electron chi connectivity index (χ4n) is 3.53. The number of benzene rings is 2. The quantitative estimate of drug-likeness (QED) is 0.737. The number of ether oxygens (including phenoxy) is 1. The molecule has 1 aliphatic rings. The lowest BCUT2D eigenvalue weighted by Gasteiger charge is -2.29. The van der Waals surface area contributed by atoms with Crippen LogP contribution in [0.5, 0.6) is 5.75 Å². The Morgan fingerprint density at radius 2 is 1.76 bits per heavy atom. The number of hydrogen-bond acceptors (Lipinski definition) is 5. The predicted molar refractivity (Wildman–Crippen MR) is 115 cm³/mol. The van der Waals surface area contributed by atoms with Crippen LogP contribution in [0.25, 0.3) is 0 Å². The van der Waals surface area contributed by atoms with Crippen molar-refractivity contribution in [1.29, 1.82) is 0 Å². The van der Waals surface area contributed by atoms with Gasteiger partial charge in [0.1, 0.15) is 5.75 Å². The maximum absolute atomic E-state index is 13.1. The summed E-state index contributed by atoms with van der Waals surface area (Å²) in [7, 11) is -5.90. The standard InChI is InChI=1S/C19H23ClN2O5S2/c1-13-10-16(22-8-4-5-9-28(22,23)24)11-14(2)19(13)29(25,26)21-17-12-15(20)6-7-18(17)27-3/h6-7,10-12,21H,4-5,8-9H2,1-3H3. The molecule has 1 fully saturated rings. The molecular formula is C19H23ClN2O5S2. The van der Waals surface area contributed by atoms with Crippen LogP contribution >= 0.6 is 11.6 Å². The van der Waals surface area contributed by atoms with Gasteiger partial charge < -0.3 is 4.74 Å². The van der Waals surface area contributed by atoms with Crippen molar-refractivity contribution < 1.29 is 21.6 Å². The normalized spacial score (nSPS) is 16.5. The number of hydrogen-bond donors (Lipinski definition) is 1. The van der Waals surface area contributed by atoms with Crippen LogP contribution in [-0.4, -0.2) is 36.2 Å². The zero-order chi connectivity index (χ0) is 21.4. The molecule has 0 atom stereocenters. The Bertz CT molecular complexity index is 1120. The van der Waals surface area contributed by atoms with Gasteiger partial charge in [0.2, 0.25) is 10.0 Å². The summed E-state index contributed by atoms with van der Waals surface area (Å²) in [5.41, 5.74) is 1.61. The van der Waals surface area contributed by atoms with Gasteiger partial charge in [0.25, 0.3) is 10.0 Å². The minimum absolute atomic E-state index is 0.0951. The Morgan fingerprint density at radius 3 is 2.34 bits per heavy atom. The van der Waals surface area contributed by atoms with Gasteiger partial charge in [-0.2, -0.15) is 0 Å². The van der Waals surface area contributed by atoms with E-state index in [4.69, 9.17) is 16.3 Å². The topological polar surface area (TPSA) is 92.8 Å². The lowest BCUT2D eigenvalue weighted by Crippen LogP contribution is -2.38. The van der Waals surface area contributed by atoms with Gasteiger partial charge in [0.05, 0.1) is 29.1 Å². The first kappa shape index (κ1) is 21.7. The van der Waals surface area contributed by atoms with E-state index in [1.807, 2.05) is 0 Å². The molecule has 0 amide bonds. The summed E-state index contributed by atoms with van der Waals surface area (Å²) in [6.07, 6.45) is 1.40. The summed E-state index contributed by atoms with van der Waals surface area (Å²) in [6, 6.07) is 7.84. The third kappa shape index (κ3) is 4.46. The van der Waals surface area contributed by atoms with Crippen LogP contribution in [-0.2, 0) is 20.0 Å². The molecule has 158 valence electrons. The van der Waals surface area contributed by atoms with Crippen molar-refractivity contribution in [2.45, 2.75) is 31.6 Å². The van der Waals surface area contributed by atoms with Crippen LogP contribution in [0.2, 0.25) is 5.02 Å². The van der Waals surface area contributed by atoms with E-state index in [9.17, 15) is 16.8 Å². The molecule has 0 spiro atoms. The molecule has 0 aromatic heterocycles. The van der Waals surface area contributed by atoms with E-state index in [2.05, 4.69) is 4.72 Å². The Labute approximate surface area is 176 Å². The molecule has 2 aromatic carbocycles. The highest BCUT2D eigenvalue weighted by molar-refractivity contribution is 7.93. The van der Waals surface area contributed by atoms with Crippen molar-refractivity contribution in [3.8, 4) is 5.75 Å². The first-order chi connectivity index (χ1) is 13.5. The van der Waals surface area contributed by atoms with E-state index in [1.165, 1.54) is 17.5 Å². The monoisotopic (exact) mass is 458 g/mol. The van der Waals surface area contributed by atoms with Crippen LogP contribution < -0.4 is 13.8 Å². The van der Waals surface area contributed by atoms with Crippen LogP contribution in [0.3, 0.4) is 0 Å². The zero-order valence-electron chi connectivity index (χ0n) is 16.4. The molecule has 0 radical (unpaired) electrons. The molecule has 7 nitrogen and oxygen atoms in total. The van der Waals surface area contributed by atoms with E-state index < -0.39 is 20.0 Å². The molecule has 0 saturated carbocycles. The average Bonchev–Trinajstić information content (AvgIpc) is 2.60. The molecule has 0 unspecified atom stereocenters. The highest BCUT2D eigenvalue weighted by Crippen LogP contribution is 2.34. The van der Waals surface area contributed by atoms with E-state index >= 15 is 0 Å². The summed E-state index contributed by atoms with van der Waals surface area (Å²) in [6.45, 7) is 3.69. The number of aryl methyl sites for hydroxylation is 2. The van der Waals surface area contributed by atoms with Crippen molar-refractivity contribution in [2.75, 3.05) is 28.4 Å². The fraction of sp³-hybridized carbons (Fsp3) is 0.368. The molecule has 10 heteroatoms. The maximum Gasteiger partial charge on any atom is 0.262 e. The molecule has 2 aromatic rings. The van der Waals surface area contributed by atoms with Gasteiger partial charge in [-0.25, -0.2) is 16.8 Å². The van der Waals surface area contributed by atoms with Gasteiger partial charge in [-0.05, 0) is 68.1 Å². The second-order valence-electron chi connectivity index (χ2n) is 6.95. The second-order valence-corrected chi connectivity index (χ2v) is 11.0. The largest absolute Gasteiger partial charge is 0.495 e. The Kier molecular flexibility index (Phi) is 6.03. The number of rotatable bonds is 5. The van der Waals surface area contributed by atoms with Crippen molar-refractivity contribution >= 4 is 43.0 Å². The summed E-state index contributed by atoms with van der Waals surface area (Å²) >= 11 is 5.99. The lowest BCUT2D eigenvalue weighted by molar-refractivity contribution is 0.417. The van der Waals surface area contributed by atoms with Gasteiger partial charge in [-0.15, -0.1) is 0 Å². The van der Waals surface area contributed by atoms with Crippen molar-refractivity contribution in [3.63, 3.8) is 0 Å². The summed E-state index contributed by atoms with van der Waals surface area (Å²) in [5, 5.41) is 0.364. The first-order valence-electron chi connectivity index (χ1n) is 9.03. The molecule has 1 aliphatic heterocycles. The van der Waals surface area contributed by atoms with Crippen LogP contribution in [0.1, 0.15) is 24.0 Å². The molecule has 29 heavy (non-hydrogen) atoms. The molecular weight excluding hydrogens is 436 g/mol. The third-order valence-electron chi connectivity index (χ3n) is 4.76. The Balaban J connectivity index is 2.02.